The first kappa shape index (κ1) is 17.9. The van der Waals surface area contributed by atoms with E-state index in [2.05, 4.69) is 60.6 Å². The van der Waals surface area contributed by atoms with Crippen LogP contribution in [-0.4, -0.2) is 37.2 Å². The van der Waals surface area contributed by atoms with Gasteiger partial charge in [-0.3, -0.25) is 0 Å². The fraction of sp³-hybridized carbons (Fsp3) is 0.733. The Bertz CT molecular complexity index is 451. The Hall–Kier alpha value is -1.14. The van der Waals surface area contributed by atoms with Gasteiger partial charge in [0.1, 0.15) is 0 Å². The van der Waals surface area contributed by atoms with Crippen molar-refractivity contribution in [2.75, 3.05) is 20.3 Å². The average Bonchev–Trinajstić information content (AvgIpc) is 2.85. The van der Waals surface area contributed by atoms with E-state index in [0.717, 1.165) is 23.2 Å². The number of guanidine groups is 1. The minimum absolute atomic E-state index is 0.0996. The van der Waals surface area contributed by atoms with E-state index in [1.165, 1.54) is 0 Å². The number of methoxy groups -OCH3 is 1. The summed E-state index contributed by atoms with van der Waals surface area (Å²) < 4.78 is 5.13. The van der Waals surface area contributed by atoms with Crippen molar-refractivity contribution in [2.24, 2.45) is 4.99 Å². The molecule has 1 aromatic rings. The second-order valence-corrected chi connectivity index (χ2v) is 6.95. The largest absolute Gasteiger partial charge is 0.383 e. The van der Waals surface area contributed by atoms with Gasteiger partial charge in [-0.2, -0.15) is 0 Å². The molecule has 0 radical (unpaired) electrons. The predicted molar refractivity (Wildman–Crippen MR) is 90.1 cm³/mol. The second-order valence-electron chi connectivity index (χ2n) is 6.09. The monoisotopic (exact) mass is 312 g/mol. The Morgan fingerprint density at radius 2 is 2.19 bits per heavy atom. The minimum atomic E-state index is 0.0996. The van der Waals surface area contributed by atoms with Gasteiger partial charge < -0.3 is 15.4 Å². The van der Waals surface area contributed by atoms with Crippen molar-refractivity contribution in [3.63, 3.8) is 0 Å². The molecule has 21 heavy (non-hydrogen) atoms. The molecule has 1 aromatic heterocycles. The Balaban J connectivity index is 2.67. The number of thiazole rings is 1. The molecule has 0 aliphatic rings. The summed E-state index contributed by atoms with van der Waals surface area (Å²) >= 11 is 1.70. The third-order valence-electron chi connectivity index (χ3n) is 2.74. The number of rotatable bonds is 6. The van der Waals surface area contributed by atoms with Crippen LogP contribution in [0.15, 0.2) is 10.4 Å². The normalized spacial score (nSPS) is 14.1. The summed E-state index contributed by atoms with van der Waals surface area (Å²) in [5, 5.41) is 9.79. The maximum atomic E-state index is 5.13. The second kappa shape index (κ2) is 8.34. The maximum absolute atomic E-state index is 5.13. The Labute approximate surface area is 132 Å². The van der Waals surface area contributed by atoms with Crippen LogP contribution < -0.4 is 10.6 Å². The quantitative estimate of drug-likeness (QED) is 0.626. The van der Waals surface area contributed by atoms with Gasteiger partial charge in [0.2, 0.25) is 0 Å². The van der Waals surface area contributed by atoms with Gasteiger partial charge in [0, 0.05) is 30.5 Å². The van der Waals surface area contributed by atoms with E-state index in [0.29, 0.717) is 13.2 Å². The van der Waals surface area contributed by atoms with Gasteiger partial charge in [-0.25, -0.2) is 9.98 Å². The van der Waals surface area contributed by atoms with E-state index in [1.54, 1.807) is 18.4 Å². The van der Waals surface area contributed by atoms with Crippen LogP contribution in [0.2, 0.25) is 0 Å². The zero-order valence-electron chi connectivity index (χ0n) is 14.0. The maximum Gasteiger partial charge on any atom is 0.191 e. The molecule has 5 nitrogen and oxygen atoms in total. The summed E-state index contributed by atoms with van der Waals surface area (Å²) in [6.45, 7) is 12.7. The lowest BCUT2D eigenvalue weighted by Crippen LogP contribution is -2.43. The molecule has 120 valence electrons. The molecule has 0 fully saturated rings. The molecule has 0 aliphatic heterocycles. The number of aromatic nitrogens is 1. The first-order valence-corrected chi connectivity index (χ1v) is 8.23. The molecule has 1 heterocycles. The molecular formula is C15H28N4OS. The van der Waals surface area contributed by atoms with E-state index in [1.807, 2.05) is 0 Å². The van der Waals surface area contributed by atoms with Crippen LogP contribution in [0.25, 0.3) is 0 Å². The highest BCUT2D eigenvalue weighted by molar-refractivity contribution is 7.09. The third-order valence-corrected chi connectivity index (χ3v) is 4.05. The lowest BCUT2D eigenvalue weighted by Gasteiger charge is -2.16. The van der Waals surface area contributed by atoms with Gasteiger partial charge in [0.25, 0.3) is 0 Å². The first-order chi connectivity index (χ1) is 9.86. The van der Waals surface area contributed by atoms with Gasteiger partial charge in [-0.05, 0) is 13.8 Å². The van der Waals surface area contributed by atoms with Gasteiger partial charge in [-0.15, -0.1) is 11.3 Å². The molecule has 1 unspecified atom stereocenters. The molecule has 1 atom stereocenters. The number of ether oxygens (including phenoxy) is 1. The fourth-order valence-corrected chi connectivity index (χ4v) is 2.63. The molecule has 0 bridgehead atoms. The first-order valence-electron chi connectivity index (χ1n) is 7.35. The van der Waals surface area contributed by atoms with E-state index in [4.69, 9.17) is 4.74 Å². The van der Waals surface area contributed by atoms with Crippen LogP contribution >= 0.6 is 11.3 Å². The topological polar surface area (TPSA) is 58.5 Å². The summed E-state index contributed by atoms with van der Waals surface area (Å²) in [6, 6.07) is 0.216. The summed E-state index contributed by atoms with van der Waals surface area (Å²) in [6.07, 6.45) is 0. The van der Waals surface area contributed by atoms with Crippen LogP contribution in [0.1, 0.15) is 45.3 Å². The third kappa shape index (κ3) is 6.44. The van der Waals surface area contributed by atoms with E-state index in [-0.39, 0.29) is 11.5 Å². The van der Waals surface area contributed by atoms with Gasteiger partial charge >= 0.3 is 0 Å². The fourth-order valence-electron chi connectivity index (χ4n) is 1.73. The SMILES string of the molecule is CCNC(=NCc1csc(C(C)(C)C)n1)NC(C)COC. The molecule has 0 saturated carbocycles. The van der Waals surface area contributed by atoms with Gasteiger partial charge in [0.15, 0.2) is 5.96 Å². The smallest absolute Gasteiger partial charge is 0.191 e. The molecule has 0 saturated heterocycles. The summed E-state index contributed by atoms with van der Waals surface area (Å²) in [7, 11) is 1.70. The number of aliphatic imine (C=N–C) groups is 1. The molecule has 0 amide bonds. The van der Waals surface area contributed by atoms with Crippen LogP contribution in [0, 0.1) is 0 Å². The summed E-state index contributed by atoms with van der Waals surface area (Å²) in [5.74, 6) is 0.798. The highest BCUT2D eigenvalue weighted by Gasteiger charge is 2.17. The molecule has 1 rings (SSSR count). The van der Waals surface area contributed by atoms with Crippen molar-refractivity contribution in [1.82, 2.24) is 15.6 Å². The van der Waals surface area contributed by atoms with Crippen LogP contribution in [0.3, 0.4) is 0 Å². The molecule has 0 aliphatic carbocycles. The highest BCUT2D eigenvalue weighted by Crippen LogP contribution is 2.25. The van der Waals surface area contributed by atoms with Crippen LogP contribution in [0.5, 0.6) is 0 Å². The van der Waals surface area contributed by atoms with Gasteiger partial charge in [0.05, 0.1) is 23.9 Å². The minimum Gasteiger partial charge on any atom is -0.383 e. The number of hydrogen-bond donors (Lipinski definition) is 2. The number of nitrogens with one attached hydrogen (secondary N) is 2. The predicted octanol–water partition coefficient (Wildman–Crippen LogP) is 2.53. The van der Waals surface area contributed by atoms with Crippen molar-refractivity contribution >= 4 is 17.3 Å². The Kier molecular flexibility index (Phi) is 7.11. The lowest BCUT2D eigenvalue weighted by molar-refractivity contribution is 0.179. The molecule has 0 spiro atoms. The van der Waals surface area contributed by atoms with Crippen molar-refractivity contribution in [3.8, 4) is 0 Å². The van der Waals surface area contributed by atoms with Crippen LogP contribution in [0.4, 0.5) is 0 Å². The Morgan fingerprint density at radius 3 is 2.71 bits per heavy atom. The van der Waals surface area contributed by atoms with Crippen LogP contribution in [-0.2, 0) is 16.7 Å². The Morgan fingerprint density at radius 1 is 1.48 bits per heavy atom. The van der Waals surface area contributed by atoms with E-state index < -0.39 is 0 Å². The average molecular weight is 312 g/mol. The van der Waals surface area contributed by atoms with Crippen molar-refractivity contribution in [3.05, 3.63) is 16.1 Å². The zero-order valence-corrected chi connectivity index (χ0v) is 14.8. The molecule has 2 N–H and O–H groups in total. The molecular weight excluding hydrogens is 284 g/mol. The van der Waals surface area contributed by atoms with Crippen molar-refractivity contribution in [2.45, 2.75) is 52.6 Å². The van der Waals surface area contributed by atoms with Crippen molar-refractivity contribution in [1.29, 1.82) is 0 Å². The van der Waals surface area contributed by atoms with Gasteiger partial charge in [-0.1, -0.05) is 20.8 Å². The highest BCUT2D eigenvalue weighted by atomic mass is 32.1. The molecule has 6 heteroatoms. The van der Waals surface area contributed by atoms with E-state index in [9.17, 15) is 0 Å². The number of nitrogens with zero attached hydrogens (tertiary/aromatic N) is 2. The lowest BCUT2D eigenvalue weighted by atomic mass is 9.98. The zero-order chi connectivity index (χ0) is 15.9. The number of hydrogen-bond acceptors (Lipinski definition) is 4. The standard InChI is InChI=1S/C15H28N4OS/c1-7-16-14(18-11(2)9-20-6)17-8-12-10-21-13(19-12)15(3,4)5/h10-11H,7-9H2,1-6H3,(H2,16,17,18). The summed E-state index contributed by atoms with van der Waals surface area (Å²) in [5.41, 5.74) is 1.11. The summed E-state index contributed by atoms with van der Waals surface area (Å²) in [4.78, 5) is 9.24. The van der Waals surface area contributed by atoms with E-state index >= 15 is 0 Å². The van der Waals surface area contributed by atoms with Crippen molar-refractivity contribution < 1.29 is 4.74 Å². The molecule has 0 aromatic carbocycles.